The Labute approximate surface area is 72.3 Å². The van der Waals surface area contributed by atoms with Crippen LogP contribution in [0.15, 0.2) is 16.0 Å². The number of aromatic amines is 1. The summed E-state index contributed by atoms with van der Waals surface area (Å²) < 4.78 is 0. The summed E-state index contributed by atoms with van der Waals surface area (Å²) in [5.41, 5.74) is 5.16. The van der Waals surface area contributed by atoms with Gasteiger partial charge in [-0.15, -0.1) is 0 Å². The first-order chi connectivity index (χ1) is 6.16. The summed E-state index contributed by atoms with van der Waals surface area (Å²) in [7, 11) is 0. The van der Waals surface area contributed by atoms with Gasteiger partial charge in [-0.3, -0.25) is 4.79 Å². The maximum Gasteiger partial charge on any atom is 0.266 e. The number of anilines is 1. The van der Waals surface area contributed by atoms with Gasteiger partial charge < -0.3 is 21.1 Å². The molecule has 1 unspecified atom stereocenters. The van der Waals surface area contributed by atoms with E-state index < -0.39 is 11.8 Å². The lowest BCUT2D eigenvalue weighted by Gasteiger charge is -2.17. The highest BCUT2D eigenvalue weighted by Gasteiger charge is 2.19. The van der Waals surface area contributed by atoms with E-state index in [-0.39, 0.29) is 11.7 Å². The number of guanidine groups is 1. The largest absolute Gasteiger partial charge is 0.370 e. The van der Waals surface area contributed by atoms with Gasteiger partial charge in [0.25, 0.3) is 5.56 Å². The van der Waals surface area contributed by atoms with E-state index in [0.29, 0.717) is 5.82 Å². The van der Waals surface area contributed by atoms with Crippen molar-refractivity contribution in [3.8, 4) is 0 Å². The molecule has 0 saturated heterocycles. The standard InChI is InChI=1S/C6H7N5O2/c7-6-10-4-3(5(13)11-6)9-2(12)1-8-4/h1,5,13H,(H,9,12)(H3,7,8,10,11). The Morgan fingerprint density at radius 1 is 1.62 bits per heavy atom. The number of aliphatic hydroxyl groups excluding tert-OH is 1. The molecule has 1 atom stereocenters. The van der Waals surface area contributed by atoms with Gasteiger partial charge in [-0.2, -0.15) is 0 Å². The van der Waals surface area contributed by atoms with Crippen molar-refractivity contribution >= 4 is 11.8 Å². The van der Waals surface area contributed by atoms with Crippen LogP contribution >= 0.6 is 0 Å². The summed E-state index contributed by atoms with van der Waals surface area (Å²) in [4.78, 5) is 20.6. The van der Waals surface area contributed by atoms with Crippen LogP contribution in [0.25, 0.3) is 0 Å². The molecule has 7 nitrogen and oxygen atoms in total. The fourth-order valence-electron chi connectivity index (χ4n) is 1.05. The first kappa shape index (κ1) is 7.74. The smallest absolute Gasteiger partial charge is 0.266 e. The van der Waals surface area contributed by atoms with E-state index in [2.05, 4.69) is 20.3 Å². The summed E-state index contributed by atoms with van der Waals surface area (Å²) in [5, 5.41) is 11.9. The second-order valence-corrected chi connectivity index (χ2v) is 2.52. The molecule has 68 valence electrons. The number of H-pyrrole nitrogens is 1. The van der Waals surface area contributed by atoms with Crippen LogP contribution in [0, 0.1) is 0 Å². The van der Waals surface area contributed by atoms with Gasteiger partial charge in [0.05, 0.1) is 6.20 Å². The maximum atomic E-state index is 10.8. The van der Waals surface area contributed by atoms with Gasteiger partial charge in [0.2, 0.25) is 0 Å². The number of nitrogens with zero attached hydrogens (tertiary/aromatic N) is 2. The summed E-state index contributed by atoms with van der Waals surface area (Å²) in [5.74, 6) is 0.388. The number of nitrogens with one attached hydrogen (secondary N) is 2. The van der Waals surface area contributed by atoms with Crippen molar-refractivity contribution < 1.29 is 5.11 Å². The lowest BCUT2D eigenvalue weighted by molar-refractivity contribution is 0.182. The van der Waals surface area contributed by atoms with Crippen molar-refractivity contribution in [3.05, 3.63) is 22.2 Å². The van der Waals surface area contributed by atoms with Crippen LogP contribution in [-0.2, 0) is 0 Å². The monoisotopic (exact) mass is 181 g/mol. The van der Waals surface area contributed by atoms with Crippen molar-refractivity contribution in [2.45, 2.75) is 6.23 Å². The van der Waals surface area contributed by atoms with Crippen molar-refractivity contribution in [2.75, 3.05) is 5.32 Å². The molecule has 1 aliphatic heterocycles. The number of aromatic nitrogens is 2. The highest BCUT2D eigenvalue weighted by Crippen LogP contribution is 2.20. The summed E-state index contributed by atoms with van der Waals surface area (Å²) >= 11 is 0. The van der Waals surface area contributed by atoms with E-state index in [9.17, 15) is 9.90 Å². The second kappa shape index (κ2) is 2.56. The molecule has 0 aliphatic carbocycles. The molecular weight excluding hydrogens is 174 g/mol. The van der Waals surface area contributed by atoms with Gasteiger partial charge in [-0.1, -0.05) is 0 Å². The quantitative estimate of drug-likeness (QED) is 0.388. The Hall–Kier alpha value is -1.89. The van der Waals surface area contributed by atoms with Crippen LogP contribution in [0.5, 0.6) is 0 Å². The predicted molar refractivity (Wildman–Crippen MR) is 45.1 cm³/mol. The zero-order valence-electron chi connectivity index (χ0n) is 6.48. The zero-order valence-corrected chi connectivity index (χ0v) is 6.48. The first-order valence-corrected chi connectivity index (χ1v) is 3.54. The summed E-state index contributed by atoms with van der Waals surface area (Å²) in [6.45, 7) is 0. The van der Waals surface area contributed by atoms with Crippen LogP contribution in [0.1, 0.15) is 11.9 Å². The minimum atomic E-state index is -1.15. The normalized spacial score (nSPS) is 20.1. The number of rotatable bonds is 0. The average Bonchev–Trinajstić information content (AvgIpc) is 2.06. The Morgan fingerprint density at radius 2 is 2.38 bits per heavy atom. The SMILES string of the molecule is NC1=NC(O)c2[nH]c(=O)cnc2N1. The van der Waals surface area contributed by atoms with Gasteiger partial charge in [-0.25, -0.2) is 9.98 Å². The fourth-order valence-corrected chi connectivity index (χ4v) is 1.05. The lowest BCUT2D eigenvalue weighted by Crippen LogP contribution is -2.30. The van der Waals surface area contributed by atoms with E-state index in [1.807, 2.05) is 0 Å². The molecule has 0 saturated carbocycles. The van der Waals surface area contributed by atoms with Gasteiger partial charge in [-0.05, 0) is 0 Å². The number of aliphatic imine (C=N–C) groups is 1. The highest BCUT2D eigenvalue weighted by atomic mass is 16.3. The van der Waals surface area contributed by atoms with Crippen LogP contribution in [0.3, 0.4) is 0 Å². The third-order valence-corrected chi connectivity index (χ3v) is 1.59. The third kappa shape index (κ3) is 1.25. The highest BCUT2D eigenvalue weighted by molar-refractivity contribution is 5.93. The molecule has 0 aromatic carbocycles. The molecule has 7 heteroatoms. The fraction of sp³-hybridized carbons (Fsp3) is 0.167. The van der Waals surface area contributed by atoms with Crippen molar-refractivity contribution in [1.82, 2.24) is 9.97 Å². The number of hydrogen-bond acceptors (Lipinski definition) is 6. The molecule has 1 aliphatic rings. The molecule has 13 heavy (non-hydrogen) atoms. The molecular formula is C6H7N5O2. The predicted octanol–water partition coefficient (Wildman–Crippen LogP) is -1.50. The molecule has 5 N–H and O–H groups in total. The van der Waals surface area contributed by atoms with Gasteiger partial charge in [0, 0.05) is 0 Å². The number of fused-ring (bicyclic) bond motifs is 1. The zero-order chi connectivity index (χ0) is 9.42. The Morgan fingerprint density at radius 3 is 3.15 bits per heavy atom. The number of aliphatic hydroxyl groups is 1. The summed E-state index contributed by atoms with van der Waals surface area (Å²) in [6.07, 6.45) is -0.0606. The van der Waals surface area contributed by atoms with E-state index in [4.69, 9.17) is 5.73 Å². The molecule has 0 amide bonds. The van der Waals surface area contributed by atoms with E-state index in [0.717, 1.165) is 6.20 Å². The second-order valence-electron chi connectivity index (χ2n) is 2.52. The number of hydrogen-bond donors (Lipinski definition) is 4. The minimum Gasteiger partial charge on any atom is -0.370 e. The van der Waals surface area contributed by atoms with E-state index in [1.165, 1.54) is 0 Å². The Bertz CT molecular complexity index is 423. The van der Waals surface area contributed by atoms with Crippen LogP contribution in [0.2, 0.25) is 0 Å². The lowest BCUT2D eigenvalue weighted by atomic mass is 10.3. The van der Waals surface area contributed by atoms with E-state index in [1.54, 1.807) is 0 Å². The van der Waals surface area contributed by atoms with Gasteiger partial charge in [0.15, 0.2) is 18.0 Å². The van der Waals surface area contributed by atoms with Crippen LogP contribution in [-0.4, -0.2) is 21.0 Å². The molecule has 0 radical (unpaired) electrons. The molecule has 1 aromatic rings. The molecule has 0 bridgehead atoms. The first-order valence-electron chi connectivity index (χ1n) is 3.54. The van der Waals surface area contributed by atoms with Gasteiger partial charge in [0.1, 0.15) is 5.69 Å². The molecule has 0 fully saturated rings. The Balaban J connectivity index is 2.56. The summed E-state index contributed by atoms with van der Waals surface area (Å²) in [6, 6.07) is 0. The van der Waals surface area contributed by atoms with Gasteiger partial charge >= 0.3 is 0 Å². The molecule has 1 aromatic heterocycles. The van der Waals surface area contributed by atoms with Crippen molar-refractivity contribution in [1.29, 1.82) is 0 Å². The molecule has 0 spiro atoms. The minimum absolute atomic E-state index is 0.0690. The number of nitrogens with two attached hydrogens (primary N) is 1. The Kier molecular flexibility index (Phi) is 1.52. The van der Waals surface area contributed by atoms with Crippen LogP contribution < -0.4 is 16.6 Å². The van der Waals surface area contributed by atoms with Crippen molar-refractivity contribution in [2.24, 2.45) is 10.7 Å². The molecule has 2 rings (SSSR count). The van der Waals surface area contributed by atoms with E-state index >= 15 is 0 Å². The maximum absolute atomic E-state index is 10.8. The average molecular weight is 181 g/mol. The topological polar surface area (TPSA) is 116 Å². The van der Waals surface area contributed by atoms with Crippen molar-refractivity contribution in [3.63, 3.8) is 0 Å². The van der Waals surface area contributed by atoms with Crippen LogP contribution in [0.4, 0.5) is 5.82 Å². The molecule has 2 heterocycles. The third-order valence-electron chi connectivity index (χ3n) is 1.59.